The van der Waals surface area contributed by atoms with Crippen molar-refractivity contribution in [3.63, 3.8) is 0 Å². The van der Waals surface area contributed by atoms with E-state index in [-0.39, 0.29) is 12.6 Å². The highest BCUT2D eigenvalue weighted by atomic mass is 16.5. The molecular formula is C22H22N2O3. The second-order valence-corrected chi connectivity index (χ2v) is 6.04. The maximum Gasteiger partial charge on any atom is 0.315 e. The van der Waals surface area contributed by atoms with E-state index in [1.807, 2.05) is 84.9 Å². The molecule has 0 aliphatic carbocycles. The summed E-state index contributed by atoms with van der Waals surface area (Å²) in [5, 5.41) is 15.1. The quantitative estimate of drug-likeness (QED) is 0.595. The molecule has 3 aromatic carbocycles. The third-order valence-electron chi connectivity index (χ3n) is 4.02. The number of aliphatic hydroxyl groups is 1. The van der Waals surface area contributed by atoms with E-state index in [0.29, 0.717) is 12.3 Å². The van der Waals surface area contributed by atoms with Crippen molar-refractivity contribution in [2.24, 2.45) is 0 Å². The van der Waals surface area contributed by atoms with Crippen LogP contribution in [0.1, 0.15) is 17.2 Å². The Bertz CT molecular complexity index is 854. The third-order valence-corrected chi connectivity index (χ3v) is 4.02. The number of ether oxygens (including phenoxy) is 1. The Morgan fingerprint density at radius 3 is 2.26 bits per heavy atom. The summed E-state index contributed by atoms with van der Waals surface area (Å²) in [6, 6.07) is 25.7. The van der Waals surface area contributed by atoms with Crippen LogP contribution >= 0.6 is 0 Å². The molecule has 27 heavy (non-hydrogen) atoms. The summed E-state index contributed by atoms with van der Waals surface area (Å²) in [7, 11) is 0. The number of benzene rings is 3. The lowest BCUT2D eigenvalue weighted by atomic mass is 10.1. The lowest BCUT2D eigenvalue weighted by molar-refractivity contribution is 0.216. The van der Waals surface area contributed by atoms with E-state index < -0.39 is 6.04 Å². The van der Waals surface area contributed by atoms with Gasteiger partial charge < -0.3 is 20.5 Å². The van der Waals surface area contributed by atoms with Gasteiger partial charge in [-0.05, 0) is 35.4 Å². The van der Waals surface area contributed by atoms with Gasteiger partial charge in [-0.25, -0.2) is 4.79 Å². The van der Waals surface area contributed by atoms with E-state index in [1.54, 1.807) is 0 Å². The summed E-state index contributed by atoms with van der Waals surface area (Å²) in [6.07, 6.45) is 0. The van der Waals surface area contributed by atoms with Crippen molar-refractivity contribution in [3.05, 3.63) is 96.1 Å². The van der Waals surface area contributed by atoms with Gasteiger partial charge in [-0.3, -0.25) is 0 Å². The molecule has 0 spiro atoms. The van der Waals surface area contributed by atoms with Crippen LogP contribution in [0, 0.1) is 0 Å². The molecule has 0 saturated heterocycles. The first-order valence-electron chi connectivity index (χ1n) is 8.76. The molecule has 5 heteroatoms. The van der Waals surface area contributed by atoms with Crippen molar-refractivity contribution in [2.75, 3.05) is 6.61 Å². The highest BCUT2D eigenvalue weighted by molar-refractivity contribution is 5.74. The number of rotatable bonds is 7. The molecule has 0 radical (unpaired) electrons. The number of nitrogens with one attached hydrogen (secondary N) is 2. The zero-order chi connectivity index (χ0) is 18.9. The fourth-order valence-corrected chi connectivity index (χ4v) is 2.65. The van der Waals surface area contributed by atoms with Crippen molar-refractivity contribution < 1.29 is 14.6 Å². The second kappa shape index (κ2) is 9.40. The molecule has 0 aliphatic heterocycles. The summed E-state index contributed by atoms with van der Waals surface area (Å²) in [5.74, 6) is 1.47. The van der Waals surface area contributed by atoms with Crippen LogP contribution in [0.3, 0.4) is 0 Å². The van der Waals surface area contributed by atoms with Crippen LogP contribution in [0.2, 0.25) is 0 Å². The van der Waals surface area contributed by atoms with E-state index in [4.69, 9.17) is 4.74 Å². The van der Waals surface area contributed by atoms with Crippen LogP contribution in [-0.4, -0.2) is 17.7 Å². The normalized spacial score (nSPS) is 11.4. The maximum atomic E-state index is 12.2. The Hall–Kier alpha value is -3.31. The molecule has 1 unspecified atom stereocenters. The van der Waals surface area contributed by atoms with Gasteiger partial charge >= 0.3 is 6.03 Å². The molecule has 5 nitrogen and oxygen atoms in total. The van der Waals surface area contributed by atoms with Crippen molar-refractivity contribution >= 4 is 6.03 Å². The number of urea groups is 1. The van der Waals surface area contributed by atoms with Gasteiger partial charge in [0.25, 0.3) is 0 Å². The van der Waals surface area contributed by atoms with Gasteiger partial charge in [-0.2, -0.15) is 0 Å². The SMILES string of the molecule is O=C(NCc1cccc(Oc2ccccc2)c1)NC(CO)c1ccccc1. The summed E-state index contributed by atoms with van der Waals surface area (Å²) >= 11 is 0. The van der Waals surface area contributed by atoms with Gasteiger partial charge in [-0.1, -0.05) is 60.7 Å². The van der Waals surface area contributed by atoms with Crippen LogP contribution in [0.15, 0.2) is 84.9 Å². The van der Waals surface area contributed by atoms with Crippen LogP contribution in [0.4, 0.5) is 4.79 Å². The number of hydrogen-bond acceptors (Lipinski definition) is 3. The summed E-state index contributed by atoms with van der Waals surface area (Å²) in [5.41, 5.74) is 1.77. The summed E-state index contributed by atoms with van der Waals surface area (Å²) in [6.45, 7) is 0.183. The monoisotopic (exact) mass is 362 g/mol. The lowest BCUT2D eigenvalue weighted by Crippen LogP contribution is -2.38. The average molecular weight is 362 g/mol. The minimum atomic E-state index is -0.445. The number of carbonyl (C=O) groups is 1. The van der Waals surface area contributed by atoms with Crippen molar-refractivity contribution in [1.82, 2.24) is 10.6 Å². The predicted molar refractivity (Wildman–Crippen MR) is 105 cm³/mol. The van der Waals surface area contributed by atoms with E-state index >= 15 is 0 Å². The standard InChI is InChI=1S/C22H22N2O3/c25-16-21(18-9-3-1-4-10-18)24-22(26)23-15-17-8-7-13-20(14-17)27-19-11-5-2-6-12-19/h1-14,21,25H,15-16H2,(H2,23,24,26). The molecule has 1 atom stereocenters. The predicted octanol–water partition coefficient (Wildman–Crippen LogP) is 4.01. The maximum absolute atomic E-state index is 12.2. The topological polar surface area (TPSA) is 70.6 Å². The van der Waals surface area contributed by atoms with Gasteiger partial charge in [-0.15, -0.1) is 0 Å². The lowest BCUT2D eigenvalue weighted by Gasteiger charge is -2.17. The van der Waals surface area contributed by atoms with E-state index in [1.165, 1.54) is 0 Å². The van der Waals surface area contributed by atoms with Crippen LogP contribution in [-0.2, 0) is 6.54 Å². The average Bonchev–Trinajstić information content (AvgIpc) is 2.72. The molecule has 138 valence electrons. The molecule has 3 aromatic rings. The zero-order valence-corrected chi connectivity index (χ0v) is 14.8. The highest BCUT2D eigenvalue weighted by Crippen LogP contribution is 2.21. The van der Waals surface area contributed by atoms with Crippen LogP contribution < -0.4 is 15.4 Å². The van der Waals surface area contributed by atoms with Crippen molar-refractivity contribution in [3.8, 4) is 11.5 Å². The first kappa shape index (κ1) is 18.5. The van der Waals surface area contributed by atoms with E-state index in [0.717, 1.165) is 16.9 Å². The summed E-state index contributed by atoms with van der Waals surface area (Å²) < 4.78 is 5.80. The van der Waals surface area contributed by atoms with Crippen molar-refractivity contribution in [2.45, 2.75) is 12.6 Å². The largest absolute Gasteiger partial charge is 0.457 e. The molecule has 0 saturated carbocycles. The molecule has 3 rings (SSSR count). The Morgan fingerprint density at radius 2 is 1.56 bits per heavy atom. The highest BCUT2D eigenvalue weighted by Gasteiger charge is 2.13. The van der Waals surface area contributed by atoms with Gasteiger partial charge in [0.1, 0.15) is 11.5 Å². The zero-order valence-electron chi connectivity index (χ0n) is 14.8. The van der Waals surface area contributed by atoms with Crippen LogP contribution in [0.5, 0.6) is 11.5 Å². The Labute approximate surface area is 158 Å². The third kappa shape index (κ3) is 5.59. The molecule has 3 N–H and O–H groups in total. The minimum Gasteiger partial charge on any atom is -0.457 e. The number of aliphatic hydroxyl groups excluding tert-OH is 1. The molecule has 0 aromatic heterocycles. The van der Waals surface area contributed by atoms with Gasteiger partial charge in [0.2, 0.25) is 0 Å². The summed E-state index contributed by atoms with van der Waals surface area (Å²) in [4.78, 5) is 12.2. The second-order valence-electron chi connectivity index (χ2n) is 6.04. The Kier molecular flexibility index (Phi) is 6.44. The number of hydrogen-bond donors (Lipinski definition) is 3. The Morgan fingerprint density at radius 1 is 0.889 bits per heavy atom. The molecular weight excluding hydrogens is 340 g/mol. The van der Waals surface area contributed by atoms with Crippen molar-refractivity contribution in [1.29, 1.82) is 0 Å². The molecule has 2 amide bonds. The molecule has 0 aliphatic rings. The fraction of sp³-hybridized carbons (Fsp3) is 0.136. The first-order chi connectivity index (χ1) is 13.2. The Balaban J connectivity index is 1.55. The number of para-hydroxylation sites is 1. The minimum absolute atomic E-state index is 0.169. The molecule has 0 heterocycles. The first-order valence-corrected chi connectivity index (χ1v) is 8.76. The smallest absolute Gasteiger partial charge is 0.315 e. The number of carbonyl (C=O) groups excluding carboxylic acids is 1. The molecule has 0 bridgehead atoms. The van der Waals surface area contributed by atoms with Crippen LogP contribution in [0.25, 0.3) is 0 Å². The van der Waals surface area contributed by atoms with E-state index in [2.05, 4.69) is 10.6 Å². The number of amides is 2. The van der Waals surface area contributed by atoms with E-state index in [9.17, 15) is 9.90 Å². The fourth-order valence-electron chi connectivity index (χ4n) is 2.65. The van der Waals surface area contributed by atoms with Gasteiger partial charge in [0, 0.05) is 6.54 Å². The molecule has 0 fully saturated rings. The van der Waals surface area contributed by atoms with Gasteiger partial charge in [0.05, 0.1) is 12.6 Å². The van der Waals surface area contributed by atoms with Gasteiger partial charge in [0.15, 0.2) is 0 Å².